The predicted octanol–water partition coefficient (Wildman–Crippen LogP) is 2.83. The van der Waals surface area contributed by atoms with Gasteiger partial charge in [-0.15, -0.1) is 0 Å². The van der Waals surface area contributed by atoms with Crippen molar-refractivity contribution >= 4 is 5.97 Å². The first-order valence-corrected chi connectivity index (χ1v) is 7.49. The number of nitrogens with zero attached hydrogens (tertiary/aromatic N) is 3. The van der Waals surface area contributed by atoms with Crippen molar-refractivity contribution in [2.45, 2.75) is 47.0 Å². The van der Waals surface area contributed by atoms with E-state index in [4.69, 9.17) is 9.15 Å². The fourth-order valence-electron chi connectivity index (χ4n) is 2.13. The Bertz CT molecular complexity index is 602. The van der Waals surface area contributed by atoms with Gasteiger partial charge in [-0.25, -0.2) is 4.79 Å². The molecule has 0 saturated heterocycles. The molecule has 0 aliphatic rings. The first kappa shape index (κ1) is 16.3. The molecule has 22 heavy (non-hydrogen) atoms. The Morgan fingerprint density at radius 2 is 2.27 bits per heavy atom. The van der Waals surface area contributed by atoms with Crippen molar-refractivity contribution in [1.82, 2.24) is 14.7 Å². The molecule has 0 bridgehead atoms. The standard InChI is InChI=1S/C16H23N3O3/c1-5-21-16(20)15-9-13(4)19(17-15)11-18(12(2)3)10-14-7-6-8-22-14/h6-9,12H,5,10-11H2,1-4H3. The van der Waals surface area contributed by atoms with Gasteiger partial charge in [0.1, 0.15) is 5.76 Å². The number of furan rings is 1. The first-order chi connectivity index (χ1) is 10.5. The molecule has 2 rings (SSSR count). The minimum Gasteiger partial charge on any atom is -0.468 e. The van der Waals surface area contributed by atoms with Gasteiger partial charge in [-0.1, -0.05) is 0 Å². The average Bonchev–Trinajstić information content (AvgIpc) is 3.09. The smallest absolute Gasteiger partial charge is 0.358 e. The van der Waals surface area contributed by atoms with Crippen molar-refractivity contribution in [1.29, 1.82) is 0 Å². The lowest BCUT2D eigenvalue weighted by molar-refractivity contribution is 0.0516. The molecule has 0 atom stereocenters. The topological polar surface area (TPSA) is 60.5 Å². The molecule has 120 valence electrons. The summed E-state index contributed by atoms with van der Waals surface area (Å²) < 4.78 is 12.2. The number of aromatic nitrogens is 2. The van der Waals surface area contributed by atoms with Gasteiger partial charge in [-0.3, -0.25) is 9.58 Å². The van der Waals surface area contributed by atoms with Gasteiger partial charge in [0.25, 0.3) is 0 Å². The van der Waals surface area contributed by atoms with Crippen LogP contribution < -0.4 is 0 Å². The van der Waals surface area contributed by atoms with Crippen molar-refractivity contribution in [2.75, 3.05) is 6.61 Å². The van der Waals surface area contributed by atoms with Crippen molar-refractivity contribution in [3.05, 3.63) is 41.6 Å². The molecule has 6 nitrogen and oxygen atoms in total. The van der Waals surface area contributed by atoms with E-state index in [0.29, 0.717) is 31.6 Å². The summed E-state index contributed by atoms with van der Waals surface area (Å²) in [6, 6.07) is 5.91. The summed E-state index contributed by atoms with van der Waals surface area (Å²) >= 11 is 0. The molecule has 0 spiro atoms. The number of ether oxygens (including phenoxy) is 1. The van der Waals surface area contributed by atoms with Crippen LogP contribution in [0, 0.1) is 6.92 Å². The second kappa shape index (κ2) is 7.26. The Morgan fingerprint density at radius 3 is 2.86 bits per heavy atom. The van der Waals surface area contributed by atoms with E-state index in [2.05, 4.69) is 23.8 Å². The molecule has 0 aromatic carbocycles. The molecule has 2 heterocycles. The van der Waals surface area contributed by atoms with E-state index in [9.17, 15) is 4.79 Å². The highest BCUT2D eigenvalue weighted by Crippen LogP contribution is 2.12. The van der Waals surface area contributed by atoms with Gasteiger partial charge in [0.2, 0.25) is 0 Å². The highest BCUT2D eigenvalue weighted by molar-refractivity contribution is 5.87. The fourth-order valence-corrected chi connectivity index (χ4v) is 2.13. The average molecular weight is 305 g/mol. The van der Waals surface area contributed by atoms with Gasteiger partial charge in [0, 0.05) is 11.7 Å². The maximum atomic E-state index is 11.8. The zero-order chi connectivity index (χ0) is 16.1. The van der Waals surface area contributed by atoms with Gasteiger partial charge < -0.3 is 9.15 Å². The van der Waals surface area contributed by atoms with Crippen LogP contribution in [0.2, 0.25) is 0 Å². The van der Waals surface area contributed by atoms with E-state index < -0.39 is 0 Å². The van der Waals surface area contributed by atoms with Crippen LogP contribution in [-0.4, -0.2) is 33.3 Å². The van der Waals surface area contributed by atoms with Crippen LogP contribution in [0.4, 0.5) is 0 Å². The second-order valence-corrected chi connectivity index (χ2v) is 5.45. The van der Waals surface area contributed by atoms with E-state index in [1.807, 2.05) is 23.7 Å². The highest BCUT2D eigenvalue weighted by atomic mass is 16.5. The molecular weight excluding hydrogens is 282 g/mol. The van der Waals surface area contributed by atoms with Gasteiger partial charge in [-0.05, 0) is 45.9 Å². The number of hydrogen-bond donors (Lipinski definition) is 0. The second-order valence-electron chi connectivity index (χ2n) is 5.45. The van der Waals surface area contributed by atoms with Crippen LogP contribution >= 0.6 is 0 Å². The monoisotopic (exact) mass is 305 g/mol. The Kier molecular flexibility index (Phi) is 5.38. The van der Waals surface area contributed by atoms with Crippen LogP contribution in [-0.2, 0) is 18.0 Å². The molecule has 2 aromatic heterocycles. The van der Waals surface area contributed by atoms with Crippen LogP contribution in [0.25, 0.3) is 0 Å². The van der Waals surface area contributed by atoms with Crippen LogP contribution in [0.3, 0.4) is 0 Å². The maximum absolute atomic E-state index is 11.8. The van der Waals surface area contributed by atoms with E-state index in [1.54, 1.807) is 19.3 Å². The summed E-state index contributed by atoms with van der Waals surface area (Å²) in [5.74, 6) is 0.524. The number of hydrogen-bond acceptors (Lipinski definition) is 5. The van der Waals surface area contributed by atoms with Crippen LogP contribution in [0.1, 0.15) is 42.7 Å². The molecule has 0 saturated carbocycles. The Labute approximate surface area is 130 Å². The molecule has 0 aliphatic carbocycles. The predicted molar refractivity (Wildman–Crippen MR) is 82.3 cm³/mol. The minimum absolute atomic E-state index is 0.319. The zero-order valence-electron chi connectivity index (χ0n) is 13.6. The maximum Gasteiger partial charge on any atom is 0.358 e. The summed E-state index contributed by atoms with van der Waals surface area (Å²) in [6.45, 7) is 9.58. The summed E-state index contributed by atoms with van der Waals surface area (Å²) in [7, 11) is 0. The van der Waals surface area contributed by atoms with Crippen molar-refractivity contribution < 1.29 is 13.9 Å². The molecule has 0 unspecified atom stereocenters. The summed E-state index contributed by atoms with van der Waals surface area (Å²) in [5.41, 5.74) is 1.27. The van der Waals surface area contributed by atoms with Crippen molar-refractivity contribution in [3.8, 4) is 0 Å². The van der Waals surface area contributed by atoms with E-state index in [-0.39, 0.29) is 5.97 Å². The lowest BCUT2D eigenvalue weighted by Crippen LogP contribution is -2.33. The normalized spacial score (nSPS) is 11.4. The molecule has 0 N–H and O–H groups in total. The van der Waals surface area contributed by atoms with Crippen LogP contribution in [0.15, 0.2) is 28.9 Å². The molecule has 0 fully saturated rings. The molecule has 0 amide bonds. The molecular formula is C16H23N3O3. The van der Waals surface area contributed by atoms with E-state index in [1.165, 1.54) is 0 Å². The van der Waals surface area contributed by atoms with Crippen molar-refractivity contribution in [3.63, 3.8) is 0 Å². The van der Waals surface area contributed by atoms with E-state index >= 15 is 0 Å². The zero-order valence-corrected chi connectivity index (χ0v) is 13.6. The van der Waals surface area contributed by atoms with E-state index in [0.717, 1.165) is 11.5 Å². The quantitative estimate of drug-likeness (QED) is 0.736. The molecule has 0 radical (unpaired) electrons. The lowest BCUT2D eigenvalue weighted by Gasteiger charge is -2.25. The summed E-state index contributed by atoms with van der Waals surface area (Å²) in [6.07, 6.45) is 1.67. The Balaban J connectivity index is 2.11. The summed E-state index contributed by atoms with van der Waals surface area (Å²) in [4.78, 5) is 14.0. The fraction of sp³-hybridized carbons (Fsp3) is 0.500. The Hall–Kier alpha value is -2.08. The largest absolute Gasteiger partial charge is 0.468 e. The number of carbonyl (C=O) groups excluding carboxylic acids is 1. The first-order valence-electron chi connectivity index (χ1n) is 7.49. The number of esters is 1. The third-order valence-corrected chi connectivity index (χ3v) is 3.45. The molecule has 6 heteroatoms. The van der Waals surface area contributed by atoms with Gasteiger partial charge in [0.15, 0.2) is 5.69 Å². The third-order valence-electron chi connectivity index (χ3n) is 3.45. The lowest BCUT2D eigenvalue weighted by atomic mass is 10.3. The molecule has 0 aliphatic heterocycles. The third kappa shape index (κ3) is 3.98. The minimum atomic E-state index is -0.383. The van der Waals surface area contributed by atoms with Gasteiger partial charge in [-0.2, -0.15) is 5.10 Å². The number of carbonyl (C=O) groups is 1. The SMILES string of the molecule is CCOC(=O)c1cc(C)n(CN(Cc2ccco2)C(C)C)n1. The van der Waals surface area contributed by atoms with Gasteiger partial charge in [0.05, 0.1) is 26.1 Å². The molecule has 2 aromatic rings. The highest BCUT2D eigenvalue weighted by Gasteiger charge is 2.17. The van der Waals surface area contributed by atoms with Gasteiger partial charge >= 0.3 is 5.97 Å². The van der Waals surface area contributed by atoms with Crippen LogP contribution in [0.5, 0.6) is 0 Å². The number of rotatable bonds is 7. The summed E-state index contributed by atoms with van der Waals surface area (Å²) in [5, 5.41) is 4.35. The Morgan fingerprint density at radius 1 is 1.50 bits per heavy atom. The number of aryl methyl sites for hydroxylation is 1. The van der Waals surface area contributed by atoms with Crippen molar-refractivity contribution in [2.24, 2.45) is 0 Å².